The van der Waals surface area contributed by atoms with E-state index in [9.17, 15) is 5.11 Å². The molecule has 0 fully saturated rings. The van der Waals surface area contributed by atoms with Gasteiger partial charge in [-0.2, -0.15) is 0 Å². The molecule has 0 bridgehead atoms. The normalized spacial score (nSPS) is 14.1. The molecule has 0 radical (unpaired) electrons. The number of rotatable bonds is 3. The van der Waals surface area contributed by atoms with Gasteiger partial charge in [0.2, 0.25) is 5.89 Å². The fraction of sp³-hybridized carbons (Fsp3) is 0.188. The van der Waals surface area contributed by atoms with Gasteiger partial charge in [-0.15, -0.1) is 0 Å². The van der Waals surface area contributed by atoms with Crippen molar-refractivity contribution in [3.8, 4) is 5.75 Å². The lowest BCUT2D eigenvalue weighted by molar-refractivity contribution is 0.0726. The third-order valence-corrected chi connectivity index (χ3v) is 3.65. The molecule has 108 valence electrons. The van der Waals surface area contributed by atoms with Gasteiger partial charge in [-0.05, 0) is 42.8 Å². The summed E-state index contributed by atoms with van der Waals surface area (Å²) in [6.45, 7) is 1.64. The molecule has 0 spiro atoms. The second-order valence-corrected chi connectivity index (χ2v) is 5.37. The average Bonchev–Trinajstić information content (AvgIpc) is 2.91. The monoisotopic (exact) mass is 303 g/mol. The number of aromatic nitrogens is 1. The first-order chi connectivity index (χ1) is 10.0. The van der Waals surface area contributed by atoms with Crippen LogP contribution in [0.25, 0.3) is 11.1 Å². The van der Waals surface area contributed by atoms with Gasteiger partial charge in [-0.3, -0.25) is 0 Å². The van der Waals surface area contributed by atoms with Crippen molar-refractivity contribution in [1.82, 2.24) is 4.98 Å². The summed E-state index contributed by atoms with van der Waals surface area (Å²) in [5.41, 5.74) is 0.535. The van der Waals surface area contributed by atoms with Gasteiger partial charge in [0.1, 0.15) is 11.3 Å². The van der Waals surface area contributed by atoms with E-state index in [0.717, 1.165) is 5.75 Å². The number of methoxy groups -OCH3 is 1. The Hall–Kier alpha value is -2.04. The van der Waals surface area contributed by atoms with Gasteiger partial charge in [0.05, 0.1) is 7.11 Å². The third kappa shape index (κ3) is 2.48. The summed E-state index contributed by atoms with van der Waals surface area (Å²) in [4.78, 5) is 4.33. The highest BCUT2D eigenvalue weighted by Crippen LogP contribution is 2.32. The van der Waals surface area contributed by atoms with Crippen molar-refractivity contribution in [3.63, 3.8) is 0 Å². The number of hydrogen-bond donors (Lipinski definition) is 1. The molecule has 2 aromatic carbocycles. The number of ether oxygens (including phenoxy) is 1. The summed E-state index contributed by atoms with van der Waals surface area (Å²) < 4.78 is 10.8. The maximum absolute atomic E-state index is 10.8. The van der Waals surface area contributed by atoms with Crippen LogP contribution in [0.4, 0.5) is 0 Å². The molecule has 1 N–H and O–H groups in total. The molecule has 1 atom stereocenters. The van der Waals surface area contributed by atoms with E-state index in [1.54, 1.807) is 56.5 Å². The SMILES string of the molecule is COc1ccc([C@@](C)(O)c2nc3cc(Cl)ccc3o2)cc1. The van der Waals surface area contributed by atoms with E-state index in [1.165, 1.54) is 0 Å². The molecule has 3 aromatic rings. The number of benzene rings is 2. The zero-order valence-corrected chi connectivity index (χ0v) is 12.4. The Bertz CT molecular complexity index is 778. The molecule has 4 nitrogen and oxygen atoms in total. The second kappa shape index (κ2) is 5.06. The molecule has 0 amide bonds. The van der Waals surface area contributed by atoms with Crippen LogP contribution < -0.4 is 4.74 Å². The highest BCUT2D eigenvalue weighted by Gasteiger charge is 2.31. The molecule has 1 heterocycles. The maximum atomic E-state index is 10.8. The van der Waals surface area contributed by atoms with Crippen LogP contribution in [0, 0.1) is 0 Å². The van der Waals surface area contributed by atoms with E-state index in [-0.39, 0.29) is 5.89 Å². The third-order valence-electron chi connectivity index (χ3n) is 3.42. The standard InChI is InChI=1S/C16H14ClNO3/c1-16(19,10-3-6-12(20-2)7-4-10)15-18-13-9-11(17)5-8-14(13)21-15/h3-9,19H,1-2H3/t16-/m1/s1. The minimum absolute atomic E-state index is 0.227. The minimum Gasteiger partial charge on any atom is -0.497 e. The van der Waals surface area contributed by atoms with Crippen molar-refractivity contribution in [2.24, 2.45) is 0 Å². The van der Waals surface area contributed by atoms with Crippen molar-refractivity contribution in [3.05, 3.63) is 58.9 Å². The first-order valence-corrected chi connectivity index (χ1v) is 6.82. The molecule has 0 aliphatic rings. The number of hydrogen-bond acceptors (Lipinski definition) is 4. The van der Waals surface area contributed by atoms with Crippen molar-refractivity contribution in [2.45, 2.75) is 12.5 Å². The van der Waals surface area contributed by atoms with Gasteiger partial charge in [-0.1, -0.05) is 23.7 Å². The lowest BCUT2D eigenvalue weighted by Gasteiger charge is -2.20. The molecule has 21 heavy (non-hydrogen) atoms. The topological polar surface area (TPSA) is 55.5 Å². The largest absolute Gasteiger partial charge is 0.497 e. The first kappa shape index (κ1) is 13.9. The van der Waals surface area contributed by atoms with Crippen LogP contribution in [-0.2, 0) is 5.60 Å². The lowest BCUT2D eigenvalue weighted by atomic mass is 9.96. The van der Waals surface area contributed by atoms with Gasteiger partial charge >= 0.3 is 0 Å². The maximum Gasteiger partial charge on any atom is 0.231 e. The minimum atomic E-state index is -1.34. The van der Waals surface area contributed by atoms with Crippen LogP contribution in [0.5, 0.6) is 5.75 Å². The van der Waals surface area contributed by atoms with Crippen LogP contribution in [0.3, 0.4) is 0 Å². The van der Waals surface area contributed by atoms with Crippen LogP contribution >= 0.6 is 11.6 Å². The van der Waals surface area contributed by atoms with Gasteiger partial charge < -0.3 is 14.3 Å². The van der Waals surface area contributed by atoms with E-state index in [4.69, 9.17) is 20.8 Å². The molecular weight excluding hydrogens is 290 g/mol. The van der Waals surface area contributed by atoms with E-state index < -0.39 is 5.60 Å². The number of oxazole rings is 1. The molecule has 1 aromatic heterocycles. The molecule has 3 rings (SSSR count). The first-order valence-electron chi connectivity index (χ1n) is 6.44. The van der Waals surface area contributed by atoms with E-state index in [0.29, 0.717) is 21.7 Å². The Morgan fingerprint density at radius 2 is 1.90 bits per heavy atom. The van der Waals surface area contributed by atoms with Crippen molar-refractivity contribution in [1.29, 1.82) is 0 Å². The van der Waals surface area contributed by atoms with E-state index >= 15 is 0 Å². The summed E-state index contributed by atoms with van der Waals surface area (Å²) >= 11 is 5.93. The summed E-state index contributed by atoms with van der Waals surface area (Å²) in [7, 11) is 1.59. The zero-order valence-electron chi connectivity index (χ0n) is 11.6. The van der Waals surface area contributed by atoms with Gasteiger partial charge in [-0.25, -0.2) is 4.98 Å². The highest BCUT2D eigenvalue weighted by atomic mass is 35.5. The Morgan fingerprint density at radius 1 is 1.19 bits per heavy atom. The second-order valence-electron chi connectivity index (χ2n) is 4.93. The summed E-state index contributed by atoms with van der Waals surface area (Å²) in [6, 6.07) is 12.3. The van der Waals surface area contributed by atoms with Gasteiger partial charge in [0.25, 0.3) is 0 Å². The average molecular weight is 304 g/mol. The lowest BCUT2D eigenvalue weighted by Crippen LogP contribution is -2.23. The molecule has 0 saturated heterocycles. The number of fused-ring (bicyclic) bond motifs is 1. The number of aliphatic hydroxyl groups is 1. The Kier molecular flexibility index (Phi) is 3.35. The number of halogens is 1. The van der Waals surface area contributed by atoms with Crippen LogP contribution in [0.15, 0.2) is 46.9 Å². The molecule has 0 aliphatic carbocycles. The van der Waals surface area contributed by atoms with Crippen molar-refractivity contribution >= 4 is 22.7 Å². The molecule has 0 saturated carbocycles. The van der Waals surface area contributed by atoms with Gasteiger partial charge in [0, 0.05) is 5.02 Å². The van der Waals surface area contributed by atoms with Crippen LogP contribution in [0.2, 0.25) is 5.02 Å². The van der Waals surface area contributed by atoms with E-state index in [2.05, 4.69) is 4.98 Å². The predicted molar refractivity (Wildman–Crippen MR) is 80.7 cm³/mol. The summed E-state index contributed by atoms with van der Waals surface area (Å²) in [6.07, 6.45) is 0. The Labute approximate surface area is 126 Å². The van der Waals surface area contributed by atoms with E-state index in [1.807, 2.05) is 0 Å². The van der Waals surface area contributed by atoms with Crippen LogP contribution in [-0.4, -0.2) is 17.2 Å². The highest BCUT2D eigenvalue weighted by molar-refractivity contribution is 6.31. The molecular formula is C16H14ClNO3. The van der Waals surface area contributed by atoms with Crippen molar-refractivity contribution in [2.75, 3.05) is 7.11 Å². The molecule has 0 aliphatic heterocycles. The zero-order chi connectivity index (χ0) is 15.0. The number of nitrogens with zero attached hydrogens (tertiary/aromatic N) is 1. The smallest absolute Gasteiger partial charge is 0.231 e. The van der Waals surface area contributed by atoms with Crippen molar-refractivity contribution < 1.29 is 14.3 Å². The quantitative estimate of drug-likeness (QED) is 0.800. The summed E-state index contributed by atoms with van der Waals surface area (Å²) in [5.74, 6) is 0.948. The molecule has 0 unspecified atom stereocenters. The Balaban J connectivity index is 2.05. The fourth-order valence-corrected chi connectivity index (χ4v) is 2.31. The van der Waals surface area contributed by atoms with Crippen LogP contribution in [0.1, 0.15) is 18.4 Å². The summed E-state index contributed by atoms with van der Waals surface area (Å²) in [5, 5.41) is 11.3. The predicted octanol–water partition coefficient (Wildman–Crippen LogP) is 3.75. The Morgan fingerprint density at radius 3 is 2.57 bits per heavy atom. The molecule has 5 heteroatoms. The van der Waals surface area contributed by atoms with Gasteiger partial charge in [0.15, 0.2) is 11.2 Å². The fourth-order valence-electron chi connectivity index (χ4n) is 2.15.